The third-order valence-corrected chi connectivity index (χ3v) is 6.52. The van der Waals surface area contributed by atoms with Crippen LogP contribution in [-0.2, 0) is 10.0 Å². The van der Waals surface area contributed by atoms with Crippen molar-refractivity contribution in [3.05, 3.63) is 53.1 Å². The Hall–Kier alpha value is -1.51. The molecule has 1 atom stereocenters. The highest BCUT2D eigenvalue weighted by Gasteiger charge is 2.35. The van der Waals surface area contributed by atoms with Crippen molar-refractivity contribution in [2.75, 3.05) is 26.4 Å². The van der Waals surface area contributed by atoms with Gasteiger partial charge in [0, 0.05) is 30.7 Å². The Morgan fingerprint density at radius 3 is 2.73 bits per heavy atom. The van der Waals surface area contributed by atoms with E-state index in [9.17, 15) is 8.42 Å². The van der Waals surface area contributed by atoms with Crippen LogP contribution >= 0.6 is 24.0 Å². The molecule has 0 aromatic heterocycles. The highest BCUT2D eigenvalue weighted by molar-refractivity contribution is 7.89. The third-order valence-electron chi connectivity index (χ3n) is 4.38. The summed E-state index contributed by atoms with van der Waals surface area (Å²) in [5, 5.41) is 3.84. The summed E-state index contributed by atoms with van der Waals surface area (Å²) in [6, 6.07) is 11.7. The van der Waals surface area contributed by atoms with Crippen molar-refractivity contribution in [1.29, 1.82) is 0 Å². The minimum atomic E-state index is -3.68. The first-order valence-corrected chi connectivity index (χ1v) is 9.75. The number of hydrogen-bond acceptors (Lipinski definition) is 5. The first-order chi connectivity index (χ1) is 12.1. The van der Waals surface area contributed by atoms with Crippen molar-refractivity contribution >= 4 is 34.0 Å². The van der Waals surface area contributed by atoms with Crippen molar-refractivity contribution < 1.29 is 17.9 Å². The van der Waals surface area contributed by atoms with Crippen LogP contribution in [0.15, 0.2) is 47.4 Å². The van der Waals surface area contributed by atoms with Crippen LogP contribution in [-0.4, -0.2) is 39.2 Å². The predicted molar refractivity (Wildman–Crippen MR) is 101 cm³/mol. The molecule has 2 aromatic rings. The van der Waals surface area contributed by atoms with Gasteiger partial charge in [0.25, 0.3) is 0 Å². The van der Waals surface area contributed by atoms with Gasteiger partial charge in [0.15, 0.2) is 11.5 Å². The van der Waals surface area contributed by atoms with Crippen molar-refractivity contribution in [1.82, 2.24) is 9.62 Å². The van der Waals surface area contributed by atoms with Crippen LogP contribution in [0.1, 0.15) is 11.6 Å². The number of halogens is 2. The molecule has 2 aliphatic rings. The standard InChI is InChI=1S/C17H17ClN2O4S.ClH/c18-13-3-1-2-12(8-13)15-10-19-6-7-20(15)25(21,22)14-4-5-16-17(9-14)24-11-23-16;/h1-5,8-9,15,19H,6-7,10-11H2;1H. The van der Waals surface area contributed by atoms with E-state index in [-0.39, 0.29) is 30.1 Å². The second kappa shape index (κ2) is 7.62. The maximum absolute atomic E-state index is 13.2. The van der Waals surface area contributed by atoms with Crippen molar-refractivity contribution in [3.8, 4) is 11.5 Å². The molecule has 2 aliphatic heterocycles. The van der Waals surface area contributed by atoms with Crippen LogP contribution in [0.2, 0.25) is 5.02 Å². The largest absolute Gasteiger partial charge is 0.454 e. The van der Waals surface area contributed by atoms with E-state index in [1.807, 2.05) is 12.1 Å². The summed E-state index contributed by atoms with van der Waals surface area (Å²) in [5.41, 5.74) is 0.865. The van der Waals surface area contributed by atoms with Crippen LogP contribution in [0, 0.1) is 0 Å². The molecule has 2 aromatic carbocycles. The highest BCUT2D eigenvalue weighted by atomic mass is 35.5. The average Bonchev–Trinajstić information content (AvgIpc) is 3.09. The van der Waals surface area contributed by atoms with E-state index < -0.39 is 10.0 Å². The normalized spacial score (nSPS) is 19.8. The van der Waals surface area contributed by atoms with E-state index in [0.717, 1.165) is 5.56 Å². The Kier molecular flexibility index (Phi) is 5.64. The molecule has 6 nitrogen and oxygen atoms in total. The summed E-state index contributed by atoms with van der Waals surface area (Å²) in [6.07, 6.45) is 0. The summed E-state index contributed by atoms with van der Waals surface area (Å²) in [6.45, 7) is 1.62. The number of nitrogens with zero attached hydrogens (tertiary/aromatic N) is 1. The summed E-state index contributed by atoms with van der Waals surface area (Å²) in [5.74, 6) is 1.01. The maximum atomic E-state index is 13.2. The Morgan fingerprint density at radius 2 is 1.92 bits per heavy atom. The van der Waals surface area contributed by atoms with Gasteiger partial charge in [-0.25, -0.2) is 8.42 Å². The van der Waals surface area contributed by atoms with Crippen LogP contribution < -0.4 is 14.8 Å². The lowest BCUT2D eigenvalue weighted by atomic mass is 10.1. The third kappa shape index (κ3) is 3.50. The molecule has 0 saturated carbocycles. The highest BCUT2D eigenvalue weighted by Crippen LogP contribution is 2.36. The molecule has 0 amide bonds. The molecule has 0 bridgehead atoms. The molecule has 1 N–H and O–H groups in total. The lowest BCUT2D eigenvalue weighted by molar-refractivity contribution is 0.174. The molecule has 0 spiro atoms. The monoisotopic (exact) mass is 416 g/mol. The topological polar surface area (TPSA) is 67.9 Å². The summed E-state index contributed by atoms with van der Waals surface area (Å²) >= 11 is 6.09. The zero-order chi connectivity index (χ0) is 17.4. The Balaban J connectivity index is 0.00000196. The Labute approximate surface area is 163 Å². The van der Waals surface area contributed by atoms with Gasteiger partial charge in [0.1, 0.15) is 0 Å². The van der Waals surface area contributed by atoms with E-state index in [0.29, 0.717) is 36.2 Å². The molecule has 1 unspecified atom stereocenters. The zero-order valence-corrected chi connectivity index (χ0v) is 16.1. The molecular formula is C17H18Cl2N2O4S. The lowest BCUT2D eigenvalue weighted by Crippen LogP contribution is -2.48. The number of hydrogen-bond donors (Lipinski definition) is 1. The smallest absolute Gasteiger partial charge is 0.243 e. The van der Waals surface area contributed by atoms with Gasteiger partial charge >= 0.3 is 0 Å². The van der Waals surface area contributed by atoms with Gasteiger partial charge in [-0.1, -0.05) is 23.7 Å². The first-order valence-electron chi connectivity index (χ1n) is 7.93. The SMILES string of the molecule is Cl.O=S(=O)(c1ccc2c(c1)OCO2)N1CCNCC1c1cccc(Cl)c1. The number of rotatable bonds is 3. The molecule has 0 radical (unpaired) electrons. The minimum absolute atomic E-state index is 0. The number of ether oxygens (including phenoxy) is 2. The summed E-state index contributed by atoms with van der Waals surface area (Å²) in [4.78, 5) is 0.200. The van der Waals surface area contributed by atoms with Gasteiger partial charge in [-0.05, 0) is 29.8 Å². The summed E-state index contributed by atoms with van der Waals surface area (Å²) in [7, 11) is -3.68. The van der Waals surface area contributed by atoms with Gasteiger partial charge in [-0.15, -0.1) is 12.4 Å². The minimum Gasteiger partial charge on any atom is -0.454 e. The number of fused-ring (bicyclic) bond motifs is 1. The second-order valence-corrected chi connectivity index (χ2v) is 8.23. The second-order valence-electron chi connectivity index (χ2n) is 5.91. The van der Waals surface area contributed by atoms with Gasteiger partial charge < -0.3 is 14.8 Å². The fourth-order valence-electron chi connectivity index (χ4n) is 3.14. The van der Waals surface area contributed by atoms with Crippen LogP contribution in [0.25, 0.3) is 0 Å². The number of benzene rings is 2. The predicted octanol–water partition coefficient (Wildman–Crippen LogP) is 2.83. The van der Waals surface area contributed by atoms with Gasteiger partial charge in [0.2, 0.25) is 16.8 Å². The molecule has 2 heterocycles. The van der Waals surface area contributed by atoms with Gasteiger partial charge in [0.05, 0.1) is 10.9 Å². The van der Waals surface area contributed by atoms with Crippen molar-refractivity contribution in [3.63, 3.8) is 0 Å². The first kappa shape index (κ1) is 19.3. The van der Waals surface area contributed by atoms with Crippen molar-refractivity contribution in [2.45, 2.75) is 10.9 Å². The summed E-state index contributed by atoms with van der Waals surface area (Å²) < 4.78 is 38.5. The number of nitrogens with one attached hydrogen (secondary N) is 1. The van der Waals surface area contributed by atoms with Gasteiger partial charge in [-0.2, -0.15) is 4.31 Å². The fourth-order valence-corrected chi connectivity index (χ4v) is 4.97. The Morgan fingerprint density at radius 1 is 1.12 bits per heavy atom. The van der Waals surface area contributed by atoms with E-state index >= 15 is 0 Å². The molecule has 140 valence electrons. The van der Waals surface area contributed by atoms with Crippen molar-refractivity contribution in [2.24, 2.45) is 0 Å². The fraction of sp³-hybridized carbons (Fsp3) is 0.294. The molecule has 9 heteroatoms. The van der Waals surface area contributed by atoms with Gasteiger partial charge in [-0.3, -0.25) is 0 Å². The lowest BCUT2D eigenvalue weighted by Gasteiger charge is -2.35. The molecular weight excluding hydrogens is 399 g/mol. The average molecular weight is 417 g/mol. The van der Waals surface area contributed by atoms with E-state index in [2.05, 4.69) is 5.32 Å². The Bertz CT molecular complexity index is 907. The van der Waals surface area contributed by atoms with E-state index in [1.165, 1.54) is 10.4 Å². The van der Waals surface area contributed by atoms with Crippen LogP contribution in [0.5, 0.6) is 11.5 Å². The quantitative estimate of drug-likeness (QED) is 0.832. The molecule has 0 aliphatic carbocycles. The van der Waals surface area contributed by atoms with E-state index in [1.54, 1.807) is 24.3 Å². The maximum Gasteiger partial charge on any atom is 0.243 e. The molecule has 26 heavy (non-hydrogen) atoms. The van der Waals surface area contributed by atoms with Crippen LogP contribution in [0.4, 0.5) is 0 Å². The van der Waals surface area contributed by atoms with Crippen LogP contribution in [0.3, 0.4) is 0 Å². The zero-order valence-electron chi connectivity index (χ0n) is 13.7. The molecule has 1 fully saturated rings. The number of sulfonamides is 1. The number of piperazine rings is 1. The van der Waals surface area contributed by atoms with E-state index in [4.69, 9.17) is 21.1 Å². The molecule has 4 rings (SSSR count). The molecule has 1 saturated heterocycles.